The van der Waals surface area contributed by atoms with E-state index in [2.05, 4.69) is 4.98 Å². The number of carbonyl (C=O) groups excluding carboxylic acids is 1. The van der Waals surface area contributed by atoms with Crippen molar-refractivity contribution in [2.45, 2.75) is 11.6 Å². The zero-order valence-corrected chi connectivity index (χ0v) is 11.3. The van der Waals surface area contributed by atoms with Gasteiger partial charge in [-0.1, -0.05) is 0 Å². The number of furan rings is 1. The highest BCUT2D eigenvalue weighted by Gasteiger charge is 2.25. The van der Waals surface area contributed by atoms with Gasteiger partial charge in [0.2, 0.25) is 5.09 Å². The molecule has 0 fully saturated rings. The highest BCUT2D eigenvalue weighted by molar-refractivity contribution is 7.88. The quantitative estimate of drug-likeness (QED) is 0.752. The van der Waals surface area contributed by atoms with E-state index in [9.17, 15) is 13.2 Å². The van der Waals surface area contributed by atoms with Crippen molar-refractivity contribution in [3.8, 4) is 0 Å². The van der Waals surface area contributed by atoms with Crippen molar-refractivity contribution >= 4 is 16.3 Å². The second-order valence-electron chi connectivity index (χ2n) is 3.99. The maximum atomic E-state index is 12.2. The van der Waals surface area contributed by atoms with E-state index in [1.807, 2.05) is 0 Å². The maximum Gasteiger partial charge on any atom is 0.276 e. The van der Waals surface area contributed by atoms with Crippen molar-refractivity contribution < 1.29 is 17.6 Å². The van der Waals surface area contributed by atoms with E-state index in [4.69, 9.17) is 4.42 Å². The van der Waals surface area contributed by atoms with Crippen molar-refractivity contribution in [3.05, 3.63) is 36.1 Å². The minimum Gasteiger partial charge on any atom is -0.440 e. The second-order valence-corrected chi connectivity index (χ2v) is 5.97. The van der Waals surface area contributed by atoms with Gasteiger partial charge < -0.3 is 8.98 Å². The van der Waals surface area contributed by atoms with Crippen LogP contribution >= 0.6 is 0 Å². The first kappa shape index (κ1) is 13.5. The Hall–Kier alpha value is -1.93. The van der Waals surface area contributed by atoms with Crippen LogP contribution in [0.2, 0.25) is 0 Å². The summed E-state index contributed by atoms with van der Waals surface area (Å²) >= 11 is 0. The Morgan fingerprint density at radius 2 is 2.21 bits per heavy atom. The molecule has 0 saturated heterocycles. The van der Waals surface area contributed by atoms with E-state index in [1.54, 1.807) is 24.0 Å². The Bertz CT molecular complexity index is 686. The molecule has 0 atom stereocenters. The Morgan fingerprint density at radius 3 is 2.74 bits per heavy atom. The van der Waals surface area contributed by atoms with Crippen molar-refractivity contribution in [1.82, 2.24) is 13.9 Å². The van der Waals surface area contributed by atoms with Gasteiger partial charge in [0.05, 0.1) is 6.54 Å². The molecule has 0 aromatic carbocycles. The molecular formula is C11H13N3O4S. The van der Waals surface area contributed by atoms with Crippen LogP contribution in [0.25, 0.3) is 0 Å². The zero-order chi connectivity index (χ0) is 14.0. The Balaban J connectivity index is 2.24. The molecule has 2 aromatic rings. The molecule has 0 spiro atoms. The lowest BCUT2D eigenvalue weighted by molar-refractivity contribution is 0.109. The zero-order valence-electron chi connectivity index (χ0n) is 10.5. The molecule has 8 heteroatoms. The van der Waals surface area contributed by atoms with E-state index >= 15 is 0 Å². The summed E-state index contributed by atoms with van der Waals surface area (Å²) in [7, 11) is -0.565. The van der Waals surface area contributed by atoms with Gasteiger partial charge in [-0.15, -0.1) is 0 Å². The highest BCUT2D eigenvalue weighted by Crippen LogP contribution is 2.18. The summed E-state index contributed by atoms with van der Waals surface area (Å²) in [5, 5.41) is -0.258. The molecule has 2 aromatic heterocycles. The Labute approximate surface area is 110 Å². The highest BCUT2D eigenvalue weighted by atomic mass is 32.2. The van der Waals surface area contributed by atoms with Gasteiger partial charge >= 0.3 is 0 Å². The number of rotatable bonds is 5. The summed E-state index contributed by atoms with van der Waals surface area (Å²) in [4.78, 5) is 14.6. The van der Waals surface area contributed by atoms with Gasteiger partial charge in [-0.3, -0.25) is 4.79 Å². The van der Waals surface area contributed by atoms with Gasteiger partial charge in [-0.25, -0.2) is 13.4 Å². The monoisotopic (exact) mass is 283 g/mol. The first-order chi connectivity index (χ1) is 8.95. The smallest absolute Gasteiger partial charge is 0.276 e. The standard InChI is InChI=1S/C11H13N3O4S/c1-13-6-5-12-10(13)7-14(2)19(16,17)11-4-3-9(8-15)18-11/h3-6,8H,7H2,1-2H3. The fourth-order valence-electron chi connectivity index (χ4n) is 1.52. The third kappa shape index (κ3) is 2.59. The average molecular weight is 283 g/mol. The fourth-order valence-corrected chi connectivity index (χ4v) is 2.56. The van der Waals surface area contributed by atoms with Crippen LogP contribution in [0.3, 0.4) is 0 Å². The summed E-state index contributed by atoms with van der Waals surface area (Å²) in [6.07, 6.45) is 3.78. The van der Waals surface area contributed by atoms with Crippen molar-refractivity contribution in [3.63, 3.8) is 0 Å². The van der Waals surface area contributed by atoms with E-state index in [1.165, 1.54) is 19.2 Å². The minimum atomic E-state index is -3.77. The number of nitrogens with zero attached hydrogens (tertiary/aromatic N) is 3. The van der Waals surface area contributed by atoms with Crippen LogP contribution in [-0.4, -0.2) is 35.6 Å². The summed E-state index contributed by atoms with van der Waals surface area (Å²) in [5.41, 5.74) is 0. The van der Waals surface area contributed by atoms with Crippen LogP contribution in [0.15, 0.2) is 34.0 Å². The van der Waals surface area contributed by atoms with Crippen LogP contribution < -0.4 is 0 Å². The summed E-state index contributed by atoms with van der Waals surface area (Å²) in [5.74, 6) is 0.581. The van der Waals surface area contributed by atoms with Crippen LogP contribution in [0.4, 0.5) is 0 Å². The first-order valence-electron chi connectivity index (χ1n) is 5.42. The SMILES string of the molecule is CN(Cc1nccn1C)S(=O)(=O)c1ccc(C=O)o1. The second kappa shape index (κ2) is 4.98. The molecular weight excluding hydrogens is 270 g/mol. The molecule has 102 valence electrons. The van der Waals surface area contributed by atoms with Crippen LogP contribution in [0, 0.1) is 0 Å². The molecule has 2 heterocycles. The Morgan fingerprint density at radius 1 is 1.47 bits per heavy atom. The van der Waals surface area contributed by atoms with Gasteiger partial charge in [0.15, 0.2) is 12.0 Å². The van der Waals surface area contributed by atoms with Gasteiger partial charge in [-0.2, -0.15) is 4.31 Å². The van der Waals surface area contributed by atoms with Crippen LogP contribution in [0.1, 0.15) is 16.4 Å². The fraction of sp³-hybridized carbons (Fsp3) is 0.273. The lowest BCUT2D eigenvalue weighted by atomic mass is 10.5. The molecule has 0 radical (unpaired) electrons. The molecule has 0 aliphatic heterocycles. The molecule has 2 rings (SSSR count). The molecule has 0 saturated carbocycles. The lowest BCUT2D eigenvalue weighted by Gasteiger charge is -2.14. The van der Waals surface area contributed by atoms with Crippen molar-refractivity contribution in [2.24, 2.45) is 7.05 Å². The molecule has 0 aliphatic carbocycles. The van der Waals surface area contributed by atoms with Gasteiger partial charge in [0, 0.05) is 26.5 Å². The number of hydrogen-bond donors (Lipinski definition) is 0. The number of aromatic nitrogens is 2. The van der Waals surface area contributed by atoms with E-state index in [0.29, 0.717) is 12.1 Å². The molecule has 19 heavy (non-hydrogen) atoms. The molecule has 0 unspecified atom stereocenters. The van der Waals surface area contributed by atoms with Crippen molar-refractivity contribution in [2.75, 3.05) is 7.05 Å². The van der Waals surface area contributed by atoms with Crippen LogP contribution in [0.5, 0.6) is 0 Å². The Kier molecular flexibility index (Phi) is 3.54. The third-order valence-electron chi connectivity index (χ3n) is 2.67. The summed E-state index contributed by atoms with van der Waals surface area (Å²) in [6.45, 7) is 0.114. The average Bonchev–Trinajstić information content (AvgIpc) is 2.99. The molecule has 7 nitrogen and oxygen atoms in total. The number of aldehydes is 1. The van der Waals surface area contributed by atoms with Gasteiger partial charge in [-0.05, 0) is 12.1 Å². The summed E-state index contributed by atoms with van der Waals surface area (Å²) in [6, 6.07) is 2.57. The molecule has 0 bridgehead atoms. The van der Waals surface area contributed by atoms with E-state index in [-0.39, 0.29) is 17.4 Å². The number of hydrogen-bond acceptors (Lipinski definition) is 5. The minimum absolute atomic E-state index is 0.0241. The predicted octanol–water partition coefficient (Wildman–Crippen LogP) is 0.646. The summed E-state index contributed by atoms with van der Waals surface area (Å²) < 4.78 is 32.1. The largest absolute Gasteiger partial charge is 0.440 e. The maximum absolute atomic E-state index is 12.2. The molecule has 0 amide bonds. The number of imidazole rings is 1. The van der Waals surface area contributed by atoms with Crippen molar-refractivity contribution in [1.29, 1.82) is 0 Å². The lowest BCUT2D eigenvalue weighted by Crippen LogP contribution is -2.27. The number of sulfonamides is 1. The number of carbonyl (C=O) groups is 1. The third-order valence-corrected chi connectivity index (χ3v) is 4.35. The molecule has 0 N–H and O–H groups in total. The van der Waals surface area contributed by atoms with E-state index in [0.717, 1.165) is 4.31 Å². The normalized spacial score (nSPS) is 11.9. The topological polar surface area (TPSA) is 85.4 Å². The number of aryl methyl sites for hydroxylation is 1. The first-order valence-corrected chi connectivity index (χ1v) is 6.86. The predicted molar refractivity (Wildman–Crippen MR) is 66.0 cm³/mol. The molecule has 0 aliphatic rings. The van der Waals surface area contributed by atoms with Gasteiger partial charge in [0.1, 0.15) is 5.82 Å². The van der Waals surface area contributed by atoms with Crippen LogP contribution in [-0.2, 0) is 23.6 Å². The van der Waals surface area contributed by atoms with Gasteiger partial charge in [0.25, 0.3) is 10.0 Å². The van der Waals surface area contributed by atoms with E-state index < -0.39 is 10.0 Å².